The summed E-state index contributed by atoms with van der Waals surface area (Å²) in [4.78, 5) is 23.3. The Labute approximate surface area is 112 Å². The van der Waals surface area contributed by atoms with Crippen molar-refractivity contribution in [2.45, 2.75) is 19.8 Å². The second-order valence-electron chi connectivity index (χ2n) is 4.86. The van der Waals surface area contributed by atoms with Gasteiger partial charge in [-0.25, -0.2) is 0 Å². The molecule has 4 N–H and O–H groups in total. The maximum atomic E-state index is 11.9. The monoisotopic (exact) mass is 261 g/mol. The van der Waals surface area contributed by atoms with Gasteiger partial charge >= 0.3 is 0 Å². The third kappa shape index (κ3) is 3.47. The van der Waals surface area contributed by atoms with Gasteiger partial charge in [0.05, 0.1) is 5.56 Å². The average Bonchev–Trinajstić information content (AvgIpc) is 3.21. The number of hydrogen-bond donors (Lipinski definition) is 3. The first-order valence-corrected chi connectivity index (χ1v) is 6.50. The van der Waals surface area contributed by atoms with Crippen LogP contribution in [0.15, 0.2) is 18.2 Å². The largest absolute Gasteiger partial charge is 0.398 e. The topological polar surface area (TPSA) is 84.2 Å². The normalized spacial score (nSPS) is 13.9. The highest BCUT2D eigenvalue weighted by atomic mass is 16.2. The molecule has 1 aliphatic rings. The van der Waals surface area contributed by atoms with Crippen LogP contribution in [0.4, 0.5) is 5.69 Å². The van der Waals surface area contributed by atoms with Crippen LogP contribution in [-0.2, 0) is 4.79 Å². The fourth-order valence-electron chi connectivity index (χ4n) is 1.83. The van der Waals surface area contributed by atoms with Crippen molar-refractivity contribution in [2.75, 3.05) is 18.8 Å². The molecule has 1 fully saturated rings. The zero-order chi connectivity index (χ0) is 13.8. The number of benzene rings is 1. The maximum Gasteiger partial charge on any atom is 0.253 e. The summed E-state index contributed by atoms with van der Waals surface area (Å²) in [5, 5.41) is 5.54. The molecule has 0 bridgehead atoms. The Bertz CT molecular complexity index is 495. The van der Waals surface area contributed by atoms with E-state index in [4.69, 9.17) is 5.73 Å². The molecule has 1 aromatic rings. The van der Waals surface area contributed by atoms with Gasteiger partial charge in [-0.05, 0) is 31.4 Å². The Morgan fingerprint density at radius 1 is 1.26 bits per heavy atom. The number of carbonyl (C=O) groups excluding carboxylic acids is 2. The standard InChI is InChI=1S/C14H19N3O2/c1-9-3-2-4-11(12(9)15)14(19)17-8-7-16-13(18)10-5-6-10/h2-4,10H,5-8,15H2,1H3,(H,16,18)(H,17,19). The molecule has 19 heavy (non-hydrogen) atoms. The van der Waals surface area contributed by atoms with Crippen molar-refractivity contribution in [3.63, 3.8) is 0 Å². The summed E-state index contributed by atoms with van der Waals surface area (Å²) in [6.07, 6.45) is 1.97. The molecule has 0 saturated heterocycles. The summed E-state index contributed by atoms with van der Waals surface area (Å²) >= 11 is 0. The van der Waals surface area contributed by atoms with Crippen LogP contribution >= 0.6 is 0 Å². The third-order valence-electron chi connectivity index (χ3n) is 3.23. The molecule has 1 aromatic carbocycles. The van der Waals surface area contributed by atoms with Gasteiger partial charge in [0.2, 0.25) is 5.91 Å². The number of anilines is 1. The zero-order valence-electron chi connectivity index (χ0n) is 11.0. The lowest BCUT2D eigenvalue weighted by atomic mass is 10.1. The molecular weight excluding hydrogens is 242 g/mol. The summed E-state index contributed by atoms with van der Waals surface area (Å²) in [5.74, 6) is 0.0781. The van der Waals surface area contributed by atoms with E-state index in [9.17, 15) is 9.59 Å². The Morgan fingerprint density at radius 2 is 1.95 bits per heavy atom. The Kier molecular flexibility index (Phi) is 4.04. The number of para-hydroxylation sites is 1. The van der Waals surface area contributed by atoms with Crippen molar-refractivity contribution >= 4 is 17.5 Å². The first kappa shape index (κ1) is 13.4. The summed E-state index contributed by atoms with van der Waals surface area (Å²) in [6.45, 7) is 2.72. The van der Waals surface area contributed by atoms with Crippen molar-refractivity contribution in [3.8, 4) is 0 Å². The van der Waals surface area contributed by atoms with Gasteiger partial charge in [0.25, 0.3) is 5.91 Å². The molecule has 5 heteroatoms. The second kappa shape index (κ2) is 5.73. The smallest absolute Gasteiger partial charge is 0.253 e. The second-order valence-corrected chi connectivity index (χ2v) is 4.86. The summed E-state index contributed by atoms with van der Waals surface area (Å²) in [6, 6.07) is 5.36. The van der Waals surface area contributed by atoms with Gasteiger partial charge in [0, 0.05) is 24.7 Å². The summed E-state index contributed by atoms with van der Waals surface area (Å²) in [5.41, 5.74) is 7.72. The number of aryl methyl sites for hydroxylation is 1. The van der Waals surface area contributed by atoms with Gasteiger partial charge in [-0.15, -0.1) is 0 Å². The van der Waals surface area contributed by atoms with Gasteiger partial charge in [0.15, 0.2) is 0 Å². The average molecular weight is 261 g/mol. The minimum atomic E-state index is -0.207. The minimum Gasteiger partial charge on any atom is -0.398 e. The molecule has 0 aromatic heterocycles. The molecule has 1 saturated carbocycles. The summed E-state index contributed by atoms with van der Waals surface area (Å²) in [7, 11) is 0. The van der Waals surface area contributed by atoms with Crippen LogP contribution in [-0.4, -0.2) is 24.9 Å². The van der Waals surface area contributed by atoms with Crippen molar-refractivity contribution in [3.05, 3.63) is 29.3 Å². The number of carbonyl (C=O) groups is 2. The van der Waals surface area contributed by atoms with Crippen LogP contribution in [0.2, 0.25) is 0 Å². The molecule has 2 rings (SSSR count). The van der Waals surface area contributed by atoms with E-state index in [1.54, 1.807) is 12.1 Å². The fraction of sp³-hybridized carbons (Fsp3) is 0.429. The van der Waals surface area contributed by atoms with Crippen LogP contribution in [0.25, 0.3) is 0 Å². The first-order valence-electron chi connectivity index (χ1n) is 6.50. The quantitative estimate of drug-likeness (QED) is 0.542. The lowest BCUT2D eigenvalue weighted by molar-refractivity contribution is -0.122. The van der Waals surface area contributed by atoms with Gasteiger partial charge < -0.3 is 16.4 Å². The first-order chi connectivity index (χ1) is 9.09. The van der Waals surface area contributed by atoms with Gasteiger partial charge in [0.1, 0.15) is 0 Å². The number of nitrogen functional groups attached to an aromatic ring is 1. The van der Waals surface area contributed by atoms with Crippen LogP contribution < -0.4 is 16.4 Å². The van der Waals surface area contributed by atoms with E-state index in [-0.39, 0.29) is 17.7 Å². The van der Waals surface area contributed by atoms with E-state index >= 15 is 0 Å². The Balaban J connectivity index is 1.77. The van der Waals surface area contributed by atoms with Crippen LogP contribution in [0.5, 0.6) is 0 Å². The molecule has 0 atom stereocenters. The molecule has 0 aliphatic heterocycles. The minimum absolute atomic E-state index is 0.0873. The SMILES string of the molecule is Cc1cccc(C(=O)NCCNC(=O)C2CC2)c1N. The van der Waals surface area contributed by atoms with Crippen molar-refractivity contribution in [2.24, 2.45) is 5.92 Å². The Morgan fingerprint density at radius 3 is 2.63 bits per heavy atom. The lowest BCUT2D eigenvalue weighted by Gasteiger charge is -2.09. The molecular formula is C14H19N3O2. The van der Waals surface area contributed by atoms with E-state index in [0.717, 1.165) is 18.4 Å². The molecule has 2 amide bonds. The van der Waals surface area contributed by atoms with Crippen molar-refractivity contribution < 1.29 is 9.59 Å². The van der Waals surface area contributed by atoms with Crippen molar-refractivity contribution in [1.82, 2.24) is 10.6 Å². The molecule has 5 nitrogen and oxygen atoms in total. The van der Waals surface area contributed by atoms with E-state index in [1.807, 2.05) is 13.0 Å². The highest BCUT2D eigenvalue weighted by Gasteiger charge is 2.28. The van der Waals surface area contributed by atoms with E-state index in [2.05, 4.69) is 10.6 Å². The molecule has 102 valence electrons. The maximum absolute atomic E-state index is 11.9. The van der Waals surface area contributed by atoms with Crippen LogP contribution in [0.1, 0.15) is 28.8 Å². The molecule has 0 radical (unpaired) electrons. The molecule has 0 spiro atoms. The van der Waals surface area contributed by atoms with Crippen LogP contribution in [0.3, 0.4) is 0 Å². The zero-order valence-corrected chi connectivity index (χ0v) is 11.0. The number of nitrogens with two attached hydrogens (primary N) is 1. The fourth-order valence-corrected chi connectivity index (χ4v) is 1.83. The number of hydrogen-bond acceptors (Lipinski definition) is 3. The summed E-state index contributed by atoms with van der Waals surface area (Å²) < 4.78 is 0. The van der Waals surface area contributed by atoms with E-state index in [1.165, 1.54) is 0 Å². The number of amides is 2. The predicted molar refractivity (Wildman–Crippen MR) is 73.7 cm³/mol. The highest BCUT2D eigenvalue weighted by molar-refractivity contribution is 5.99. The number of rotatable bonds is 5. The number of nitrogens with one attached hydrogen (secondary N) is 2. The molecule has 0 unspecified atom stereocenters. The molecule has 1 aliphatic carbocycles. The van der Waals surface area contributed by atoms with E-state index in [0.29, 0.717) is 24.3 Å². The lowest BCUT2D eigenvalue weighted by Crippen LogP contribution is -2.35. The van der Waals surface area contributed by atoms with Crippen molar-refractivity contribution in [1.29, 1.82) is 0 Å². The third-order valence-corrected chi connectivity index (χ3v) is 3.23. The predicted octanol–water partition coefficient (Wildman–Crippen LogP) is 0.833. The van der Waals surface area contributed by atoms with Gasteiger partial charge in [-0.3, -0.25) is 9.59 Å². The van der Waals surface area contributed by atoms with Crippen LogP contribution in [0, 0.1) is 12.8 Å². The molecule has 0 heterocycles. The Hall–Kier alpha value is -2.04. The highest BCUT2D eigenvalue weighted by Crippen LogP contribution is 2.28. The van der Waals surface area contributed by atoms with E-state index < -0.39 is 0 Å². The van der Waals surface area contributed by atoms with Gasteiger partial charge in [-0.1, -0.05) is 12.1 Å². The van der Waals surface area contributed by atoms with Gasteiger partial charge in [-0.2, -0.15) is 0 Å².